The van der Waals surface area contributed by atoms with Crippen LogP contribution in [-0.4, -0.2) is 11.0 Å². The molecule has 3 heteroatoms. The minimum atomic E-state index is 0.282. The van der Waals surface area contributed by atoms with E-state index in [0.29, 0.717) is 11.2 Å². The van der Waals surface area contributed by atoms with Crippen LogP contribution in [0.5, 0.6) is 0 Å². The Morgan fingerprint density at radius 1 is 1.53 bits per heavy atom. The lowest BCUT2D eigenvalue weighted by molar-refractivity contribution is 0.482. The Kier molecular flexibility index (Phi) is 4.79. The minimum Gasteiger partial charge on any atom is -0.307 e. The lowest BCUT2D eigenvalue weighted by atomic mass is 10.1. The van der Waals surface area contributed by atoms with E-state index >= 15 is 0 Å². The molecular weight excluding hydrogens is 208 g/mol. The van der Waals surface area contributed by atoms with Gasteiger partial charge in [0.25, 0.3) is 0 Å². The van der Waals surface area contributed by atoms with Crippen molar-refractivity contribution >= 4 is 11.6 Å². The molecule has 0 fully saturated rings. The van der Waals surface area contributed by atoms with Gasteiger partial charge in [0.2, 0.25) is 0 Å². The summed E-state index contributed by atoms with van der Waals surface area (Å²) < 4.78 is 0. The summed E-state index contributed by atoms with van der Waals surface area (Å²) in [6.45, 7) is 7.98. The van der Waals surface area contributed by atoms with Gasteiger partial charge < -0.3 is 5.32 Å². The van der Waals surface area contributed by atoms with Gasteiger partial charge in [-0.3, -0.25) is 0 Å². The molecule has 1 heterocycles. The fourth-order valence-electron chi connectivity index (χ4n) is 1.48. The van der Waals surface area contributed by atoms with E-state index in [0.717, 1.165) is 12.0 Å². The molecule has 15 heavy (non-hydrogen) atoms. The Bertz CT molecular complexity index is 308. The summed E-state index contributed by atoms with van der Waals surface area (Å²) in [4.78, 5) is 4.06. The van der Waals surface area contributed by atoms with Crippen molar-refractivity contribution in [3.63, 3.8) is 0 Å². The van der Waals surface area contributed by atoms with Gasteiger partial charge in [-0.2, -0.15) is 0 Å². The lowest BCUT2D eigenvalue weighted by Crippen LogP contribution is -2.28. The van der Waals surface area contributed by atoms with E-state index in [4.69, 9.17) is 11.6 Å². The van der Waals surface area contributed by atoms with Crippen molar-refractivity contribution in [2.45, 2.75) is 32.4 Å². The first kappa shape index (κ1) is 12.2. The van der Waals surface area contributed by atoms with Crippen molar-refractivity contribution < 1.29 is 0 Å². The fraction of sp³-hybridized carbons (Fsp3) is 0.417. The van der Waals surface area contributed by atoms with Crippen LogP contribution in [0.1, 0.15) is 31.9 Å². The topological polar surface area (TPSA) is 24.9 Å². The number of hydrogen-bond donors (Lipinski definition) is 1. The minimum absolute atomic E-state index is 0.282. The summed E-state index contributed by atoms with van der Waals surface area (Å²) in [6, 6.07) is 4.51. The predicted octanol–water partition coefficient (Wildman–Crippen LogP) is 3.35. The van der Waals surface area contributed by atoms with Crippen LogP contribution in [0.2, 0.25) is 5.15 Å². The molecule has 0 radical (unpaired) electrons. The van der Waals surface area contributed by atoms with E-state index in [2.05, 4.69) is 30.7 Å². The number of aromatic nitrogens is 1. The zero-order valence-electron chi connectivity index (χ0n) is 9.20. The van der Waals surface area contributed by atoms with E-state index in [1.54, 1.807) is 6.20 Å². The third kappa shape index (κ3) is 4.02. The molecule has 1 aromatic heterocycles. The first-order valence-corrected chi connectivity index (χ1v) is 5.49. The average Bonchev–Trinajstić information content (AvgIpc) is 2.18. The second-order valence-corrected chi connectivity index (χ2v) is 4.12. The molecule has 0 saturated heterocycles. The molecule has 2 unspecified atom stereocenters. The molecule has 0 bridgehead atoms. The molecule has 2 atom stereocenters. The Hall–Kier alpha value is -0.860. The quantitative estimate of drug-likeness (QED) is 0.613. The van der Waals surface area contributed by atoms with Crippen LogP contribution >= 0.6 is 11.6 Å². The predicted molar refractivity (Wildman–Crippen MR) is 65.1 cm³/mol. The van der Waals surface area contributed by atoms with E-state index in [-0.39, 0.29) is 6.04 Å². The molecule has 0 aromatic carbocycles. The van der Waals surface area contributed by atoms with Crippen LogP contribution in [0.25, 0.3) is 0 Å². The van der Waals surface area contributed by atoms with Gasteiger partial charge in [0.1, 0.15) is 5.15 Å². The number of nitrogens with zero attached hydrogens (tertiary/aromatic N) is 1. The third-order valence-electron chi connectivity index (χ3n) is 2.31. The molecule has 0 saturated carbocycles. The van der Waals surface area contributed by atoms with Crippen molar-refractivity contribution in [1.82, 2.24) is 10.3 Å². The van der Waals surface area contributed by atoms with Crippen LogP contribution < -0.4 is 5.32 Å². The summed E-state index contributed by atoms with van der Waals surface area (Å²) in [5.41, 5.74) is 1.15. The number of pyridine rings is 1. The Labute approximate surface area is 96.4 Å². The molecule has 1 rings (SSSR count). The molecule has 0 spiro atoms. The summed E-state index contributed by atoms with van der Waals surface area (Å²) in [5.74, 6) is 0. The van der Waals surface area contributed by atoms with Gasteiger partial charge >= 0.3 is 0 Å². The molecule has 0 aliphatic heterocycles. The first-order valence-electron chi connectivity index (χ1n) is 5.12. The summed E-state index contributed by atoms with van der Waals surface area (Å²) in [7, 11) is 0. The summed E-state index contributed by atoms with van der Waals surface area (Å²) >= 11 is 5.73. The van der Waals surface area contributed by atoms with Gasteiger partial charge in [0, 0.05) is 18.3 Å². The molecule has 1 aromatic rings. The number of hydrogen-bond acceptors (Lipinski definition) is 2. The summed E-state index contributed by atoms with van der Waals surface area (Å²) in [5, 5.41) is 3.99. The van der Waals surface area contributed by atoms with E-state index in [1.807, 2.05) is 18.2 Å². The van der Waals surface area contributed by atoms with Crippen molar-refractivity contribution in [3.05, 3.63) is 41.7 Å². The zero-order chi connectivity index (χ0) is 11.3. The Morgan fingerprint density at radius 2 is 2.27 bits per heavy atom. The van der Waals surface area contributed by atoms with E-state index < -0.39 is 0 Å². The van der Waals surface area contributed by atoms with Crippen molar-refractivity contribution in [2.75, 3.05) is 0 Å². The highest BCUT2D eigenvalue weighted by molar-refractivity contribution is 6.29. The van der Waals surface area contributed by atoms with E-state index in [1.165, 1.54) is 0 Å². The highest BCUT2D eigenvalue weighted by atomic mass is 35.5. The summed E-state index contributed by atoms with van der Waals surface area (Å²) in [6.07, 6.45) is 4.69. The third-order valence-corrected chi connectivity index (χ3v) is 2.53. The second kappa shape index (κ2) is 5.89. The molecule has 0 amide bonds. The second-order valence-electron chi connectivity index (χ2n) is 3.73. The van der Waals surface area contributed by atoms with Crippen molar-refractivity contribution in [1.29, 1.82) is 0 Å². The van der Waals surface area contributed by atoms with Crippen LogP contribution in [0, 0.1) is 0 Å². The molecule has 0 aliphatic carbocycles. The highest BCUT2D eigenvalue weighted by Gasteiger charge is 2.08. The number of halogens is 1. The Morgan fingerprint density at radius 3 is 2.80 bits per heavy atom. The lowest BCUT2D eigenvalue weighted by Gasteiger charge is -2.18. The van der Waals surface area contributed by atoms with Crippen LogP contribution in [0.4, 0.5) is 0 Å². The highest BCUT2D eigenvalue weighted by Crippen LogP contribution is 2.14. The van der Waals surface area contributed by atoms with Crippen LogP contribution in [0.3, 0.4) is 0 Å². The fourth-order valence-corrected chi connectivity index (χ4v) is 1.60. The molecule has 82 valence electrons. The van der Waals surface area contributed by atoms with Crippen molar-refractivity contribution in [2.24, 2.45) is 0 Å². The first-order chi connectivity index (χ1) is 7.13. The standard InChI is InChI=1S/C12H17ClN2/c1-4-5-9(2)15-10(3)11-6-7-12(13)14-8-11/h4,6-10,15H,1,5H2,2-3H3. The van der Waals surface area contributed by atoms with Gasteiger partial charge in [0.05, 0.1) is 0 Å². The maximum Gasteiger partial charge on any atom is 0.129 e. The molecule has 2 nitrogen and oxygen atoms in total. The maximum absolute atomic E-state index is 5.73. The molecular formula is C12H17ClN2. The van der Waals surface area contributed by atoms with Gasteiger partial charge in [-0.05, 0) is 31.9 Å². The SMILES string of the molecule is C=CCC(C)NC(C)c1ccc(Cl)nc1. The van der Waals surface area contributed by atoms with E-state index in [9.17, 15) is 0 Å². The number of nitrogens with one attached hydrogen (secondary N) is 1. The van der Waals surface area contributed by atoms with Crippen molar-refractivity contribution in [3.8, 4) is 0 Å². The molecule has 1 N–H and O–H groups in total. The Balaban J connectivity index is 2.56. The van der Waals surface area contributed by atoms with Gasteiger partial charge in [0.15, 0.2) is 0 Å². The van der Waals surface area contributed by atoms with Gasteiger partial charge in [-0.15, -0.1) is 6.58 Å². The largest absolute Gasteiger partial charge is 0.307 e. The van der Waals surface area contributed by atoms with Gasteiger partial charge in [-0.25, -0.2) is 4.98 Å². The van der Waals surface area contributed by atoms with Crippen LogP contribution in [0.15, 0.2) is 31.0 Å². The van der Waals surface area contributed by atoms with Gasteiger partial charge in [-0.1, -0.05) is 23.7 Å². The zero-order valence-corrected chi connectivity index (χ0v) is 9.96. The smallest absolute Gasteiger partial charge is 0.129 e. The van der Waals surface area contributed by atoms with Crippen LogP contribution in [-0.2, 0) is 0 Å². The average molecular weight is 225 g/mol. The monoisotopic (exact) mass is 224 g/mol. The molecule has 0 aliphatic rings. The number of rotatable bonds is 5. The maximum atomic E-state index is 5.73. The normalized spacial score (nSPS) is 14.6.